The van der Waals surface area contributed by atoms with E-state index < -0.39 is 17.4 Å². The molecule has 0 amide bonds. The van der Waals surface area contributed by atoms with Crippen LogP contribution in [0, 0.1) is 0 Å². The molecule has 2 rings (SSSR count). The number of methoxy groups -OCH3 is 4. The number of hydrogen-bond acceptors (Lipinski definition) is 7. The summed E-state index contributed by atoms with van der Waals surface area (Å²) in [5.74, 6) is -2.09. The van der Waals surface area contributed by atoms with Gasteiger partial charge in [-0.15, -0.1) is 0 Å². The van der Waals surface area contributed by atoms with Crippen molar-refractivity contribution >= 4 is 28.6 Å². The maximum Gasteiger partial charge on any atom is 0.377 e. The fourth-order valence-electron chi connectivity index (χ4n) is 2.70. The lowest BCUT2D eigenvalue weighted by Gasteiger charge is -2.19. The van der Waals surface area contributed by atoms with E-state index in [0.29, 0.717) is 10.9 Å². The third-order valence-corrected chi connectivity index (χ3v) is 3.90. The maximum atomic E-state index is 12.9. The summed E-state index contributed by atoms with van der Waals surface area (Å²) < 4.78 is 21.4. The highest BCUT2D eigenvalue weighted by atomic mass is 16.6. The minimum Gasteiger partial charge on any atom is -0.491 e. The first-order chi connectivity index (χ1) is 12.4. The number of benzene rings is 1. The predicted octanol–water partition coefficient (Wildman–Crippen LogP) is 1.46. The highest BCUT2D eigenvalue weighted by Gasteiger charge is 2.30. The molecule has 26 heavy (non-hydrogen) atoms. The SMILES string of the molecule is COC(=O)C(OC)=C(OC)c1c(C(=O)OC)c(=O)c2ccccc2n1C. The maximum absolute atomic E-state index is 12.9. The Hall–Kier alpha value is -3.29. The molecule has 138 valence electrons. The highest BCUT2D eigenvalue weighted by molar-refractivity contribution is 6.01. The molecular formula is C18H19NO7. The van der Waals surface area contributed by atoms with Gasteiger partial charge in [-0.25, -0.2) is 9.59 Å². The number of rotatable bonds is 5. The van der Waals surface area contributed by atoms with Gasteiger partial charge >= 0.3 is 11.9 Å². The van der Waals surface area contributed by atoms with Crippen LogP contribution in [-0.2, 0) is 30.8 Å². The monoisotopic (exact) mass is 361 g/mol. The summed E-state index contributed by atoms with van der Waals surface area (Å²) in [6.07, 6.45) is 0. The molecule has 8 nitrogen and oxygen atoms in total. The largest absolute Gasteiger partial charge is 0.491 e. The second-order valence-corrected chi connectivity index (χ2v) is 5.18. The van der Waals surface area contributed by atoms with Crippen molar-refractivity contribution in [3.63, 3.8) is 0 Å². The standard InChI is InChI=1S/C18H19NO7/c1-19-11-9-7-6-8-10(11)14(20)12(17(21)25-4)13(19)15(23-2)16(24-3)18(22)26-5/h6-9H,1-5H3. The molecule has 1 heterocycles. The Morgan fingerprint density at radius 3 is 2.12 bits per heavy atom. The van der Waals surface area contributed by atoms with E-state index in [1.807, 2.05) is 0 Å². The lowest BCUT2D eigenvalue weighted by molar-refractivity contribution is -0.139. The number of hydrogen-bond donors (Lipinski definition) is 0. The van der Waals surface area contributed by atoms with Crippen molar-refractivity contribution in [2.24, 2.45) is 7.05 Å². The first-order valence-corrected chi connectivity index (χ1v) is 7.53. The second kappa shape index (κ2) is 7.73. The topological polar surface area (TPSA) is 93.1 Å². The third-order valence-electron chi connectivity index (χ3n) is 3.90. The number of pyridine rings is 1. The number of fused-ring (bicyclic) bond motifs is 1. The molecule has 0 saturated heterocycles. The zero-order valence-electron chi connectivity index (χ0n) is 15.1. The molecule has 8 heteroatoms. The van der Waals surface area contributed by atoms with Gasteiger partial charge in [-0.05, 0) is 12.1 Å². The summed E-state index contributed by atoms with van der Waals surface area (Å²) in [5, 5.41) is 0.326. The Labute approximate surface area is 149 Å². The molecule has 0 radical (unpaired) electrons. The number of aromatic nitrogens is 1. The zero-order valence-corrected chi connectivity index (χ0v) is 15.1. The average molecular weight is 361 g/mol. The first kappa shape index (κ1) is 19.0. The number of ether oxygens (including phenoxy) is 4. The van der Waals surface area contributed by atoms with E-state index in [1.54, 1.807) is 35.9 Å². The average Bonchev–Trinajstić information content (AvgIpc) is 2.67. The van der Waals surface area contributed by atoms with Crippen LogP contribution in [0.25, 0.3) is 16.7 Å². The van der Waals surface area contributed by atoms with Crippen LogP contribution in [0.3, 0.4) is 0 Å². The van der Waals surface area contributed by atoms with Crippen LogP contribution < -0.4 is 5.43 Å². The van der Waals surface area contributed by atoms with Crippen LogP contribution in [0.1, 0.15) is 16.1 Å². The summed E-state index contributed by atoms with van der Waals surface area (Å²) in [7, 11) is 6.51. The van der Waals surface area contributed by atoms with E-state index in [1.165, 1.54) is 21.3 Å². The fraction of sp³-hybridized carbons (Fsp3) is 0.278. The van der Waals surface area contributed by atoms with Gasteiger partial charge in [-0.1, -0.05) is 12.1 Å². The molecule has 2 aromatic rings. The molecular weight excluding hydrogens is 342 g/mol. The number of aryl methyl sites for hydroxylation is 1. The van der Waals surface area contributed by atoms with E-state index in [2.05, 4.69) is 4.74 Å². The number of para-hydroxylation sites is 1. The molecule has 1 aromatic heterocycles. The van der Waals surface area contributed by atoms with Gasteiger partial charge in [0.15, 0.2) is 5.76 Å². The van der Waals surface area contributed by atoms with Gasteiger partial charge in [0, 0.05) is 12.4 Å². The third kappa shape index (κ3) is 3.01. The molecule has 0 unspecified atom stereocenters. The van der Waals surface area contributed by atoms with E-state index >= 15 is 0 Å². The minimum atomic E-state index is -0.860. The molecule has 0 fully saturated rings. The summed E-state index contributed by atoms with van der Waals surface area (Å²) in [5.41, 5.74) is -0.236. The summed E-state index contributed by atoms with van der Waals surface area (Å²) >= 11 is 0. The molecule has 0 aliphatic rings. The van der Waals surface area contributed by atoms with E-state index in [0.717, 1.165) is 7.11 Å². The normalized spacial score (nSPS) is 11.6. The summed E-state index contributed by atoms with van der Waals surface area (Å²) in [4.78, 5) is 37.3. The Morgan fingerprint density at radius 2 is 1.58 bits per heavy atom. The summed E-state index contributed by atoms with van der Waals surface area (Å²) in [6, 6.07) is 6.74. The Kier molecular flexibility index (Phi) is 5.66. The van der Waals surface area contributed by atoms with Crippen molar-refractivity contribution in [1.29, 1.82) is 0 Å². The van der Waals surface area contributed by atoms with E-state index in [9.17, 15) is 14.4 Å². The van der Waals surface area contributed by atoms with Crippen molar-refractivity contribution in [3.8, 4) is 0 Å². The Balaban J connectivity index is 3.07. The highest BCUT2D eigenvalue weighted by Crippen LogP contribution is 2.26. The van der Waals surface area contributed by atoms with E-state index in [-0.39, 0.29) is 22.8 Å². The van der Waals surface area contributed by atoms with Crippen molar-refractivity contribution in [2.75, 3.05) is 28.4 Å². The molecule has 0 bridgehead atoms. The molecule has 1 aromatic carbocycles. The molecule has 0 atom stereocenters. The molecule has 0 aliphatic carbocycles. The van der Waals surface area contributed by atoms with E-state index in [4.69, 9.17) is 14.2 Å². The molecule has 0 saturated carbocycles. The lowest BCUT2D eigenvalue weighted by atomic mass is 10.1. The van der Waals surface area contributed by atoms with Gasteiger partial charge in [0.2, 0.25) is 11.2 Å². The van der Waals surface area contributed by atoms with Gasteiger partial charge in [-0.3, -0.25) is 4.79 Å². The quantitative estimate of drug-likeness (QED) is 0.452. The number of esters is 2. The van der Waals surface area contributed by atoms with Gasteiger partial charge in [0.25, 0.3) is 0 Å². The van der Waals surface area contributed by atoms with Crippen molar-refractivity contribution < 1.29 is 28.5 Å². The second-order valence-electron chi connectivity index (χ2n) is 5.18. The molecule has 0 aliphatic heterocycles. The number of nitrogens with zero attached hydrogens (tertiary/aromatic N) is 1. The van der Waals surface area contributed by atoms with Crippen molar-refractivity contribution in [3.05, 3.63) is 51.5 Å². The van der Waals surface area contributed by atoms with Crippen molar-refractivity contribution in [2.45, 2.75) is 0 Å². The lowest BCUT2D eigenvalue weighted by Crippen LogP contribution is -2.25. The molecule has 0 N–H and O–H groups in total. The Bertz CT molecular complexity index is 956. The number of carbonyl (C=O) groups is 2. The van der Waals surface area contributed by atoms with Gasteiger partial charge in [-0.2, -0.15) is 0 Å². The first-order valence-electron chi connectivity index (χ1n) is 7.53. The van der Waals surface area contributed by atoms with Crippen LogP contribution >= 0.6 is 0 Å². The van der Waals surface area contributed by atoms with Gasteiger partial charge < -0.3 is 23.5 Å². The van der Waals surface area contributed by atoms with Crippen LogP contribution in [0.4, 0.5) is 0 Å². The minimum absolute atomic E-state index is 0.0466. The van der Waals surface area contributed by atoms with Crippen LogP contribution in [0.2, 0.25) is 0 Å². The molecule has 0 spiro atoms. The van der Waals surface area contributed by atoms with Gasteiger partial charge in [0.1, 0.15) is 11.3 Å². The van der Waals surface area contributed by atoms with Crippen LogP contribution in [0.5, 0.6) is 0 Å². The van der Waals surface area contributed by atoms with Crippen LogP contribution in [-0.4, -0.2) is 44.9 Å². The number of carbonyl (C=O) groups excluding carboxylic acids is 2. The van der Waals surface area contributed by atoms with Crippen LogP contribution in [0.15, 0.2) is 34.8 Å². The predicted molar refractivity (Wildman–Crippen MR) is 93.5 cm³/mol. The Morgan fingerprint density at radius 1 is 0.923 bits per heavy atom. The zero-order chi connectivity index (χ0) is 19.4. The van der Waals surface area contributed by atoms with Crippen molar-refractivity contribution in [1.82, 2.24) is 4.57 Å². The van der Waals surface area contributed by atoms with Gasteiger partial charge in [0.05, 0.1) is 34.0 Å². The fourth-order valence-corrected chi connectivity index (χ4v) is 2.70. The summed E-state index contributed by atoms with van der Waals surface area (Å²) in [6.45, 7) is 0. The smallest absolute Gasteiger partial charge is 0.377 e.